The number of amides is 2. The third kappa shape index (κ3) is 3.79. The summed E-state index contributed by atoms with van der Waals surface area (Å²) >= 11 is 0. The van der Waals surface area contributed by atoms with Crippen molar-refractivity contribution in [3.8, 4) is 5.75 Å². The zero-order valence-corrected chi connectivity index (χ0v) is 13.9. The molecule has 2 aromatic rings. The predicted molar refractivity (Wildman–Crippen MR) is 90.1 cm³/mol. The van der Waals surface area contributed by atoms with Gasteiger partial charge in [0.05, 0.1) is 6.42 Å². The minimum absolute atomic E-state index is 0.130. The van der Waals surface area contributed by atoms with Gasteiger partial charge < -0.3 is 15.4 Å². The van der Waals surface area contributed by atoms with Gasteiger partial charge >= 0.3 is 0 Å². The maximum atomic E-state index is 12.9. The quantitative estimate of drug-likeness (QED) is 0.905. The molecule has 130 valence electrons. The Labute approximate surface area is 145 Å². The fraction of sp³-hybridized carbons (Fsp3) is 0.263. The summed E-state index contributed by atoms with van der Waals surface area (Å²) in [5.74, 6) is -0.288. The molecule has 0 saturated heterocycles. The van der Waals surface area contributed by atoms with E-state index in [2.05, 4.69) is 0 Å². The molecule has 0 spiro atoms. The van der Waals surface area contributed by atoms with E-state index < -0.39 is 11.9 Å². The van der Waals surface area contributed by atoms with Gasteiger partial charge in [-0.25, -0.2) is 4.39 Å². The van der Waals surface area contributed by atoms with Crippen LogP contribution < -0.4 is 10.5 Å². The van der Waals surface area contributed by atoms with Crippen molar-refractivity contribution in [2.24, 2.45) is 5.73 Å². The number of nitrogens with two attached hydrogens (primary N) is 1. The van der Waals surface area contributed by atoms with Gasteiger partial charge in [-0.2, -0.15) is 0 Å². The highest BCUT2D eigenvalue weighted by atomic mass is 19.1. The van der Waals surface area contributed by atoms with Crippen LogP contribution in [-0.2, 0) is 29.2 Å². The minimum Gasteiger partial charge on any atom is -0.489 e. The van der Waals surface area contributed by atoms with Crippen molar-refractivity contribution in [2.45, 2.75) is 32.5 Å². The maximum absolute atomic E-state index is 12.9. The molecule has 3 rings (SSSR count). The molecule has 0 aliphatic carbocycles. The molecular formula is C19H19FN2O3. The second kappa shape index (κ2) is 6.93. The normalized spacial score (nSPS) is 14.8. The Morgan fingerprint density at radius 1 is 1.24 bits per heavy atom. The third-order valence-corrected chi connectivity index (χ3v) is 4.38. The van der Waals surface area contributed by atoms with Crippen LogP contribution in [0.5, 0.6) is 5.75 Å². The fourth-order valence-corrected chi connectivity index (χ4v) is 2.80. The van der Waals surface area contributed by atoms with Crippen LogP contribution in [0.2, 0.25) is 0 Å². The summed E-state index contributed by atoms with van der Waals surface area (Å²) < 4.78 is 18.6. The number of rotatable bonds is 5. The van der Waals surface area contributed by atoms with E-state index in [9.17, 15) is 14.0 Å². The van der Waals surface area contributed by atoms with Gasteiger partial charge in [-0.15, -0.1) is 0 Å². The van der Waals surface area contributed by atoms with Gasteiger partial charge in [-0.05, 0) is 47.9 Å². The second-order valence-corrected chi connectivity index (χ2v) is 6.12. The predicted octanol–water partition coefficient (Wildman–Crippen LogP) is 2.16. The summed E-state index contributed by atoms with van der Waals surface area (Å²) in [4.78, 5) is 25.1. The molecule has 0 aromatic heterocycles. The molecule has 1 atom stereocenters. The van der Waals surface area contributed by atoms with Gasteiger partial charge in [-0.3, -0.25) is 9.59 Å². The van der Waals surface area contributed by atoms with Crippen molar-refractivity contribution in [2.75, 3.05) is 0 Å². The lowest BCUT2D eigenvalue weighted by molar-refractivity contribution is -0.139. The number of nitrogens with zero attached hydrogens (tertiary/aromatic N) is 1. The summed E-state index contributed by atoms with van der Waals surface area (Å²) in [7, 11) is 0. The molecule has 2 N–H and O–H groups in total. The monoisotopic (exact) mass is 342 g/mol. The number of primary amides is 1. The first-order valence-corrected chi connectivity index (χ1v) is 8.02. The van der Waals surface area contributed by atoms with Gasteiger partial charge in [0.15, 0.2) is 0 Å². The zero-order valence-electron chi connectivity index (χ0n) is 13.9. The molecule has 1 aliphatic rings. The topological polar surface area (TPSA) is 72.6 Å². The highest BCUT2D eigenvalue weighted by Crippen LogP contribution is 2.26. The molecule has 0 bridgehead atoms. The van der Waals surface area contributed by atoms with Crippen LogP contribution in [0.1, 0.15) is 23.6 Å². The molecule has 6 heteroatoms. The van der Waals surface area contributed by atoms with Gasteiger partial charge in [0.25, 0.3) is 0 Å². The molecule has 5 nitrogen and oxygen atoms in total. The Morgan fingerprint density at radius 3 is 2.64 bits per heavy atom. The van der Waals surface area contributed by atoms with Crippen LogP contribution >= 0.6 is 0 Å². The molecule has 1 aliphatic heterocycles. The van der Waals surface area contributed by atoms with Gasteiger partial charge in [-0.1, -0.05) is 18.2 Å². The first kappa shape index (κ1) is 17.0. The number of benzene rings is 2. The highest BCUT2D eigenvalue weighted by molar-refractivity contribution is 5.88. The maximum Gasteiger partial charge on any atom is 0.239 e. The molecule has 25 heavy (non-hydrogen) atoms. The van der Waals surface area contributed by atoms with Crippen molar-refractivity contribution in [3.63, 3.8) is 0 Å². The van der Waals surface area contributed by atoms with E-state index in [1.54, 1.807) is 19.1 Å². The van der Waals surface area contributed by atoms with Crippen molar-refractivity contribution in [1.29, 1.82) is 0 Å². The van der Waals surface area contributed by atoms with E-state index in [0.717, 1.165) is 16.7 Å². The average Bonchev–Trinajstić information content (AvgIpc) is 2.59. The number of halogens is 1. The summed E-state index contributed by atoms with van der Waals surface area (Å²) in [6.45, 7) is 2.31. The molecule has 2 amide bonds. The van der Waals surface area contributed by atoms with Crippen LogP contribution in [0.4, 0.5) is 4.39 Å². The summed E-state index contributed by atoms with van der Waals surface area (Å²) in [5, 5.41) is 0. The lowest BCUT2D eigenvalue weighted by Gasteiger charge is -2.32. The van der Waals surface area contributed by atoms with Gasteiger partial charge in [0, 0.05) is 6.54 Å². The standard InChI is InChI=1S/C19H19FN2O3/c1-12(19(21)24)22-10-14-4-7-17(8-15(14)9-18(22)23)25-11-13-2-5-16(20)6-3-13/h2-8,12H,9-11H2,1H3,(H2,21,24). The van der Waals surface area contributed by atoms with E-state index in [1.807, 2.05) is 18.2 Å². The highest BCUT2D eigenvalue weighted by Gasteiger charge is 2.29. The van der Waals surface area contributed by atoms with E-state index in [-0.39, 0.29) is 18.1 Å². The average molecular weight is 342 g/mol. The lowest BCUT2D eigenvalue weighted by atomic mass is 9.97. The van der Waals surface area contributed by atoms with Crippen LogP contribution in [0.3, 0.4) is 0 Å². The Hall–Kier alpha value is -2.89. The fourth-order valence-electron chi connectivity index (χ4n) is 2.80. The molecule has 2 aromatic carbocycles. The molecule has 0 fully saturated rings. The van der Waals surface area contributed by atoms with E-state index >= 15 is 0 Å². The number of fused-ring (bicyclic) bond motifs is 1. The van der Waals surface area contributed by atoms with Crippen LogP contribution in [-0.4, -0.2) is 22.8 Å². The Kier molecular flexibility index (Phi) is 4.70. The van der Waals surface area contributed by atoms with Crippen molar-refractivity contribution in [3.05, 3.63) is 65.0 Å². The largest absolute Gasteiger partial charge is 0.489 e. The summed E-state index contributed by atoms with van der Waals surface area (Å²) in [6, 6.07) is 11.0. The number of ether oxygens (including phenoxy) is 1. The zero-order chi connectivity index (χ0) is 18.0. The van der Waals surface area contributed by atoms with E-state index in [1.165, 1.54) is 17.0 Å². The Morgan fingerprint density at radius 2 is 1.96 bits per heavy atom. The van der Waals surface area contributed by atoms with E-state index in [0.29, 0.717) is 18.9 Å². The van der Waals surface area contributed by atoms with Gasteiger partial charge in [0.1, 0.15) is 24.2 Å². The molecule has 1 heterocycles. The number of carbonyl (C=O) groups is 2. The SMILES string of the molecule is CC(C(N)=O)N1Cc2ccc(OCc3ccc(F)cc3)cc2CC1=O. The minimum atomic E-state index is -0.630. The van der Waals surface area contributed by atoms with Crippen LogP contribution in [0.25, 0.3) is 0 Å². The third-order valence-electron chi connectivity index (χ3n) is 4.38. The molecular weight excluding hydrogens is 323 g/mol. The van der Waals surface area contributed by atoms with E-state index in [4.69, 9.17) is 10.5 Å². The molecule has 0 saturated carbocycles. The first-order valence-electron chi connectivity index (χ1n) is 8.02. The Balaban J connectivity index is 1.71. The first-order chi connectivity index (χ1) is 11.9. The molecule has 1 unspecified atom stereocenters. The van der Waals surface area contributed by atoms with Crippen molar-refractivity contribution < 1.29 is 18.7 Å². The number of carbonyl (C=O) groups excluding carboxylic acids is 2. The van der Waals surface area contributed by atoms with Crippen molar-refractivity contribution in [1.82, 2.24) is 4.90 Å². The van der Waals surface area contributed by atoms with Crippen molar-refractivity contribution >= 4 is 11.8 Å². The number of hydrogen-bond acceptors (Lipinski definition) is 3. The summed E-state index contributed by atoms with van der Waals surface area (Å²) in [6.07, 6.45) is 0.209. The smallest absolute Gasteiger partial charge is 0.239 e. The Bertz CT molecular complexity index is 805. The summed E-state index contributed by atoms with van der Waals surface area (Å²) in [5.41, 5.74) is 8.02. The van der Waals surface area contributed by atoms with Crippen LogP contribution in [0.15, 0.2) is 42.5 Å². The lowest BCUT2D eigenvalue weighted by Crippen LogP contribution is -2.48. The molecule has 0 radical (unpaired) electrons. The second-order valence-electron chi connectivity index (χ2n) is 6.12. The number of hydrogen-bond donors (Lipinski definition) is 1. The van der Waals surface area contributed by atoms with Gasteiger partial charge in [0.2, 0.25) is 11.8 Å². The van der Waals surface area contributed by atoms with Crippen LogP contribution in [0, 0.1) is 5.82 Å².